The van der Waals surface area contributed by atoms with Crippen molar-refractivity contribution in [2.45, 2.75) is 50.1 Å². The van der Waals surface area contributed by atoms with Gasteiger partial charge in [0.05, 0.1) is 10.9 Å². The highest BCUT2D eigenvalue weighted by atomic mass is 32.2. The fourth-order valence-corrected chi connectivity index (χ4v) is 5.63. The van der Waals surface area contributed by atoms with Crippen LogP contribution in [0.4, 0.5) is 4.39 Å². The van der Waals surface area contributed by atoms with Gasteiger partial charge in [0, 0.05) is 19.5 Å². The van der Waals surface area contributed by atoms with Gasteiger partial charge >= 0.3 is 0 Å². The molecule has 1 aliphatic heterocycles. The quantitative estimate of drug-likeness (QED) is 0.801. The molecule has 0 aromatic heterocycles. The molecule has 7 heteroatoms. The van der Waals surface area contributed by atoms with E-state index in [1.54, 1.807) is 40.7 Å². The summed E-state index contributed by atoms with van der Waals surface area (Å²) in [7, 11) is -3.74. The van der Waals surface area contributed by atoms with Gasteiger partial charge in [0.2, 0.25) is 15.9 Å². The van der Waals surface area contributed by atoms with Crippen molar-refractivity contribution in [1.82, 2.24) is 9.62 Å². The minimum Gasteiger partial charge on any atom is -0.356 e. The highest BCUT2D eigenvalue weighted by Gasteiger charge is 2.42. The molecule has 5 nitrogen and oxygen atoms in total. The molecule has 0 radical (unpaired) electrons. The number of carbonyl (C=O) groups excluding carboxylic acids is 1. The number of carbonyl (C=O) groups is 1. The minimum absolute atomic E-state index is 0.138. The summed E-state index contributed by atoms with van der Waals surface area (Å²) in [6.07, 6.45) is 1.87. The smallest absolute Gasteiger partial charge is 0.243 e. The first kappa shape index (κ1) is 20.5. The van der Waals surface area contributed by atoms with E-state index in [-0.39, 0.29) is 28.7 Å². The summed E-state index contributed by atoms with van der Waals surface area (Å²) in [4.78, 5) is 11.4. The van der Waals surface area contributed by atoms with E-state index in [1.807, 2.05) is 6.92 Å². The Morgan fingerprint density at radius 2 is 1.75 bits per heavy atom. The third-order valence-corrected chi connectivity index (χ3v) is 7.12. The Balaban J connectivity index is 1.95. The molecule has 1 amide bonds. The van der Waals surface area contributed by atoms with Crippen molar-refractivity contribution in [2.24, 2.45) is 0 Å². The maximum Gasteiger partial charge on any atom is 0.243 e. The Labute approximate surface area is 165 Å². The van der Waals surface area contributed by atoms with Crippen LogP contribution < -0.4 is 5.32 Å². The predicted octanol–water partition coefficient (Wildman–Crippen LogP) is 3.55. The molecule has 1 saturated heterocycles. The van der Waals surface area contributed by atoms with Crippen molar-refractivity contribution >= 4 is 15.9 Å². The number of benzene rings is 2. The molecule has 2 atom stereocenters. The van der Waals surface area contributed by atoms with Gasteiger partial charge in [-0.1, -0.05) is 29.8 Å². The maximum absolute atomic E-state index is 13.5. The molecule has 1 N–H and O–H groups in total. The first-order valence-electron chi connectivity index (χ1n) is 9.39. The number of aryl methyl sites for hydroxylation is 1. The second-order valence-electron chi connectivity index (χ2n) is 7.22. The Kier molecular flexibility index (Phi) is 6.15. The summed E-state index contributed by atoms with van der Waals surface area (Å²) in [6, 6.07) is 12.2. The van der Waals surface area contributed by atoms with Gasteiger partial charge in [-0.2, -0.15) is 4.31 Å². The molecule has 2 aromatic rings. The van der Waals surface area contributed by atoms with Crippen molar-refractivity contribution in [3.05, 3.63) is 65.5 Å². The van der Waals surface area contributed by atoms with Gasteiger partial charge in [-0.05, 0) is 56.0 Å². The van der Waals surface area contributed by atoms with Gasteiger partial charge in [0.25, 0.3) is 0 Å². The lowest BCUT2D eigenvalue weighted by atomic mass is 10.1. The van der Waals surface area contributed by atoms with E-state index in [2.05, 4.69) is 5.32 Å². The van der Waals surface area contributed by atoms with Crippen LogP contribution in [-0.2, 0) is 14.8 Å². The maximum atomic E-state index is 13.5. The highest BCUT2D eigenvalue weighted by molar-refractivity contribution is 7.89. The lowest BCUT2D eigenvalue weighted by molar-refractivity contribution is -0.118. The van der Waals surface area contributed by atoms with E-state index >= 15 is 0 Å². The summed E-state index contributed by atoms with van der Waals surface area (Å²) in [5, 5.41) is 2.74. The number of nitrogens with zero attached hydrogens (tertiary/aromatic N) is 1. The Morgan fingerprint density at radius 3 is 2.36 bits per heavy atom. The van der Waals surface area contributed by atoms with Crippen LogP contribution in [0.3, 0.4) is 0 Å². The van der Waals surface area contributed by atoms with Gasteiger partial charge < -0.3 is 5.32 Å². The molecule has 0 bridgehead atoms. The van der Waals surface area contributed by atoms with Crippen molar-refractivity contribution < 1.29 is 17.6 Å². The number of nitrogens with one attached hydrogen (secondary N) is 1. The molecule has 0 aliphatic carbocycles. The molecule has 2 aromatic carbocycles. The lowest BCUT2D eigenvalue weighted by Gasteiger charge is -2.30. The van der Waals surface area contributed by atoms with Crippen LogP contribution in [-0.4, -0.2) is 31.2 Å². The van der Waals surface area contributed by atoms with E-state index in [9.17, 15) is 17.6 Å². The summed E-state index contributed by atoms with van der Waals surface area (Å²) in [5.41, 5.74) is 1.76. The van der Waals surface area contributed by atoms with E-state index in [1.165, 1.54) is 19.1 Å². The number of halogens is 1. The summed E-state index contributed by atoms with van der Waals surface area (Å²) < 4.78 is 41.8. The van der Waals surface area contributed by atoms with Crippen LogP contribution in [0, 0.1) is 12.7 Å². The van der Waals surface area contributed by atoms with Gasteiger partial charge in [-0.25, -0.2) is 12.8 Å². The molecule has 1 heterocycles. The largest absolute Gasteiger partial charge is 0.356 e. The summed E-state index contributed by atoms with van der Waals surface area (Å²) in [6.45, 7) is 3.76. The van der Waals surface area contributed by atoms with Crippen LogP contribution in [0.15, 0.2) is 53.4 Å². The Bertz CT molecular complexity index is 927. The molecule has 1 fully saturated rings. The third-order valence-electron chi connectivity index (χ3n) is 5.14. The average Bonchev–Trinajstić information content (AvgIpc) is 3.07. The molecule has 1 aliphatic rings. The number of sulfonamides is 1. The fourth-order valence-electron chi connectivity index (χ4n) is 3.74. The van der Waals surface area contributed by atoms with E-state index in [0.717, 1.165) is 11.1 Å². The van der Waals surface area contributed by atoms with Gasteiger partial charge in [0.15, 0.2) is 0 Å². The molecule has 28 heavy (non-hydrogen) atoms. The Hall–Kier alpha value is -2.25. The van der Waals surface area contributed by atoms with Crippen LogP contribution >= 0.6 is 0 Å². The molecule has 0 spiro atoms. The zero-order chi connectivity index (χ0) is 20.3. The SMILES string of the molecule is CC(=O)NCCC1CCC(c2ccc(F)cc2)N1S(=O)(=O)c1ccc(C)cc1. The number of rotatable bonds is 6. The van der Waals surface area contributed by atoms with Crippen molar-refractivity contribution in [2.75, 3.05) is 6.54 Å². The topological polar surface area (TPSA) is 66.5 Å². The van der Waals surface area contributed by atoms with Gasteiger partial charge in [-0.15, -0.1) is 0 Å². The van der Waals surface area contributed by atoms with Crippen LogP contribution in [0.1, 0.15) is 43.4 Å². The zero-order valence-corrected chi connectivity index (χ0v) is 16.9. The van der Waals surface area contributed by atoms with Crippen molar-refractivity contribution in [3.63, 3.8) is 0 Å². The van der Waals surface area contributed by atoms with Crippen molar-refractivity contribution in [1.29, 1.82) is 0 Å². The summed E-state index contributed by atoms with van der Waals surface area (Å²) >= 11 is 0. The average molecular weight is 405 g/mol. The normalized spacial score (nSPS) is 20.2. The highest BCUT2D eigenvalue weighted by Crippen LogP contribution is 2.41. The molecule has 0 saturated carbocycles. The number of amides is 1. The monoisotopic (exact) mass is 404 g/mol. The van der Waals surface area contributed by atoms with Crippen LogP contribution in [0.5, 0.6) is 0 Å². The first-order chi connectivity index (χ1) is 13.3. The van der Waals surface area contributed by atoms with Crippen LogP contribution in [0.2, 0.25) is 0 Å². The fraction of sp³-hybridized carbons (Fsp3) is 0.381. The third kappa shape index (κ3) is 4.42. The zero-order valence-electron chi connectivity index (χ0n) is 16.1. The number of hydrogen-bond donors (Lipinski definition) is 1. The van der Waals surface area contributed by atoms with E-state index in [0.29, 0.717) is 25.8 Å². The second-order valence-corrected chi connectivity index (χ2v) is 9.06. The van der Waals surface area contributed by atoms with E-state index in [4.69, 9.17) is 0 Å². The molecular formula is C21H25FN2O3S. The molecule has 2 unspecified atom stereocenters. The lowest BCUT2D eigenvalue weighted by Crippen LogP contribution is -2.39. The number of hydrogen-bond acceptors (Lipinski definition) is 3. The molecular weight excluding hydrogens is 379 g/mol. The van der Waals surface area contributed by atoms with Crippen LogP contribution in [0.25, 0.3) is 0 Å². The first-order valence-corrected chi connectivity index (χ1v) is 10.8. The van der Waals surface area contributed by atoms with Gasteiger partial charge in [0.1, 0.15) is 5.82 Å². The molecule has 150 valence electrons. The predicted molar refractivity (Wildman–Crippen MR) is 106 cm³/mol. The van der Waals surface area contributed by atoms with Gasteiger partial charge in [-0.3, -0.25) is 4.79 Å². The second kappa shape index (κ2) is 8.41. The minimum atomic E-state index is -3.74. The van der Waals surface area contributed by atoms with Crippen molar-refractivity contribution in [3.8, 4) is 0 Å². The molecule has 3 rings (SSSR count). The Morgan fingerprint density at radius 1 is 1.11 bits per heavy atom. The van der Waals surface area contributed by atoms with E-state index < -0.39 is 10.0 Å². The summed E-state index contributed by atoms with van der Waals surface area (Å²) in [5.74, 6) is -0.488. The standard InChI is InChI=1S/C21H25FN2O3S/c1-15-3-10-20(11-4-15)28(26,27)24-19(13-14-23-16(2)25)9-12-21(24)17-5-7-18(22)8-6-17/h3-8,10-11,19,21H,9,12-14H2,1-2H3,(H,23,25).